The minimum Gasteiger partial charge on any atom is -0.451 e. The van der Waals surface area contributed by atoms with Crippen molar-refractivity contribution in [1.29, 1.82) is 0 Å². The Morgan fingerprint density at radius 3 is 2.63 bits per heavy atom. The summed E-state index contributed by atoms with van der Waals surface area (Å²) in [4.78, 5) is 15.2. The molecule has 4 nitrogen and oxygen atoms in total. The number of nitrogens with zero attached hydrogens (tertiary/aromatic N) is 1. The summed E-state index contributed by atoms with van der Waals surface area (Å²) in [6, 6.07) is 8.62. The minimum absolute atomic E-state index is 0.0694. The average Bonchev–Trinajstić information content (AvgIpc) is 3.11. The van der Waals surface area contributed by atoms with E-state index in [1.54, 1.807) is 0 Å². The molecule has 27 heavy (non-hydrogen) atoms. The van der Waals surface area contributed by atoms with Crippen LogP contribution < -0.4 is 5.32 Å². The van der Waals surface area contributed by atoms with Gasteiger partial charge in [0.15, 0.2) is 5.76 Å². The zero-order chi connectivity index (χ0) is 18.6. The number of piperidine rings is 1. The molecule has 5 heteroatoms. The van der Waals surface area contributed by atoms with E-state index in [-0.39, 0.29) is 5.91 Å². The lowest BCUT2D eigenvalue weighted by Crippen LogP contribution is -2.44. The molecule has 0 radical (unpaired) electrons. The van der Waals surface area contributed by atoms with Gasteiger partial charge in [0.05, 0.1) is 0 Å². The molecule has 0 bridgehead atoms. The van der Waals surface area contributed by atoms with Crippen LogP contribution in [0.5, 0.6) is 0 Å². The Morgan fingerprint density at radius 2 is 1.89 bits per heavy atom. The molecule has 0 spiro atoms. The number of nitrogens with one attached hydrogen (secondary N) is 1. The van der Waals surface area contributed by atoms with Gasteiger partial charge in [-0.3, -0.25) is 4.79 Å². The number of hydrogen-bond acceptors (Lipinski definition) is 4. The van der Waals surface area contributed by atoms with E-state index in [2.05, 4.69) is 11.4 Å². The maximum atomic E-state index is 13.2. The van der Waals surface area contributed by atoms with Crippen LogP contribution in [-0.4, -0.2) is 42.2 Å². The fourth-order valence-corrected chi connectivity index (χ4v) is 5.72. The second kappa shape index (κ2) is 8.70. The SMILES string of the molecule is CNC1CCN(C(=O)c2oc3ccccc3c2CSC2CCCCC2)CC1. The van der Waals surface area contributed by atoms with Gasteiger partial charge >= 0.3 is 0 Å². The molecule has 1 amide bonds. The molecule has 1 saturated heterocycles. The Bertz CT molecular complexity index is 774. The van der Waals surface area contributed by atoms with Gasteiger partial charge in [0.1, 0.15) is 5.58 Å². The molecule has 1 N–H and O–H groups in total. The summed E-state index contributed by atoms with van der Waals surface area (Å²) in [6.45, 7) is 1.60. The molecule has 1 saturated carbocycles. The molecule has 1 aromatic carbocycles. The van der Waals surface area contributed by atoms with Crippen LogP contribution >= 0.6 is 11.8 Å². The zero-order valence-corrected chi connectivity index (χ0v) is 17.0. The van der Waals surface area contributed by atoms with E-state index in [9.17, 15) is 4.79 Å². The summed E-state index contributed by atoms with van der Waals surface area (Å²) in [5.74, 6) is 1.51. The number of rotatable bonds is 5. The highest BCUT2D eigenvalue weighted by Gasteiger charge is 2.28. The van der Waals surface area contributed by atoms with Gasteiger partial charge in [-0.15, -0.1) is 0 Å². The first kappa shape index (κ1) is 18.9. The van der Waals surface area contributed by atoms with Crippen molar-refractivity contribution in [2.24, 2.45) is 0 Å². The molecule has 4 rings (SSSR count). The topological polar surface area (TPSA) is 45.5 Å². The van der Waals surface area contributed by atoms with Crippen LogP contribution in [0.4, 0.5) is 0 Å². The number of carbonyl (C=O) groups excluding carboxylic acids is 1. The lowest BCUT2D eigenvalue weighted by Gasteiger charge is -2.31. The monoisotopic (exact) mass is 386 g/mol. The summed E-state index contributed by atoms with van der Waals surface area (Å²) in [6.07, 6.45) is 8.69. The number of carbonyl (C=O) groups is 1. The Balaban J connectivity index is 1.55. The van der Waals surface area contributed by atoms with E-state index < -0.39 is 0 Å². The van der Waals surface area contributed by atoms with Crippen molar-refractivity contribution in [3.63, 3.8) is 0 Å². The number of likely N-dealkylation sites (tertiary alicyclic amines) is 1. The average molecular weight is 387 g/mol. The van der Waals surface area contributed by atoms with E-state index >= 15 is 0 Å². The first-order valence-electron chi connectivity index (χ1n) is 10.3. The summed E-state index contributed by atoms with van der Waals surface area (Å²) >= 11 is 2.01. The van der Waals surface area contributed by atoms with Crippen LogP contribution in [0.1, 0.15) is 61.1 Å². The number of thioether (sulfide) groups is 1. The van der Waals surface area contributed by atoms with Crippen molar-refractivity contribution >= 4 is 28.6 Å². The van der Waals surface area contributed by atoms with Gasteiger partial charge in [-0.25, -0.2) is 0 Å². The molecule has 146 valence electrons. The highest BCUT2D eigenvalue weighted by Crippen LogP contribution is 2.35. The standard InChI is InChI=1S/C22H30N2O2S/c1-23-16-11-13-24(14-12-16)22(25)21-19(15-27-17-7-3-2-4-8-17)18-9-5-6-10-20(18)26-21/h5-6,9-10,16-17,23H,2-4,7-8,11-15H2,1H3. The van der Waals surface area contributed by atoms with Gasteiger partial charge in [0, 0.05) is 41.1 Å². The first-order chi connectivity index (χ1) is 13.3. The maximum Gasteiger partial charge on any atom is 0.289 e. The number of hydrogen-bond donors (Lipinski definition) is 1. The molecular formula is C22H30N2O2S. The smallest absolute Gasteiger partial charge is 0.289 e. The molecule has 1 aromatic heterocycles. The summed E-state index contributed by atoms with van der Waals surface area (Å²) in [5, 5.41) is 5.16. The van der Waals surface area contributed by atoms with Gasteiger partial charge < -0.3 is 14.6 Å². The first-order valence-corrected chi connectivity index (χ1v) is 11.4. The van der Waals surface area contributed by atoms with Gasteiger partial charge in [-0.05, 0) is 38.8 Å². The molecule has 2 heterocycles. The Hall–Kier alpha value is -1.46. The molecule has 2 aliphatic rings. The molecule has 2 fully saturated rings. The van der Waals surface area contributed by atoms with E-state index in [0.717, 1.165) is 53.5 Å². The lowest BCUT2D eigenvalue weighted by atomic mass is 10.0. The zero-order valence-electron chi connectivity index (χ0n) is 16.2. The highest BCUT2D eigenvalue weighted by molar-refractivity contribution is 7.99. The Labute approximate surface area is 166 Å². The molecule has 0 unspecified atom stereocenters. The van der Waals surface area contributed by atoms with Crippen molar-refractivity contribution in [2.45, 2.75) is 62.0 Å². The number of benzene rings is 1. The molecule has 1 aliphatic heterocycles. The number of para-hydroxylation sites is 1. The molecule has 0 atom stereocenters. The lowest BCUT2D eigenvalue weighted by molar-refractivity contribution is 0.0676. The largest absolute Gasteiger partial charge is 0.451 e. The number of fused-ring (bicyclic) bond motifs is 1. The predicted molar refractivity (Wildman–Crippen MR) is 112 cm³/mol. The summed E-state index contributed by atoms with van der Waals surface area (Å²) < 4.78 is 6.09. The molecule has 2 aromatic rings. The fourth-order valence-electron chi connectivity index (χ4n) is 4.36. The fraction of sp³-hybridized carbons (Fsp3) is 0.591. The van der Waals surface area contributed by atoms with E-state index in [0.29, 0.717) is 11.8 Å². The minimum atomic E-state index is 0.0694. The van der Waals surface area contributed by atoms with Crippen molar-refractivity contribution in [3.05, 3.63) is 35.6 Å². The van der Waals surface area contributed by atoms with Crippen LogP contribution in [-0.2, 0) is 5.75 Å². The van der Waals surface area contributed by atoms with Gasteiger partial charge in [0.2, 0.25) is 0 Å². The van der Waals surface area contributed by atoms with Gasteiger partial charge in [-0.2, -0.15) is 11.8 Å². The van der Waals surface area contributed by atoms with E-state index in [1.807, 2.05) is 41.9 Å². The van der Waals surface area contributed by atoms with Crippen LogP contribution in [0, 0.1) is 0 Å². The third kappa shape index (κ3) is 4.19. The Kier molecular flexibility index (Phi) is 6.08. The van der Waals surface area contributed by atoms with Crippen molar-refractivity contribution in [2.75, 3.05) is 20.1 Å². The third-order valence-corrected chi connectivity index (χ3v) is 7.50. The van der Waals surface area contributed by atoms with E-state index in [1.165, 1.54) is 32.1 Å². The van der Waals surface area contributed by atoms with E-state index in [4.69, 9.17) is 4.42 Å². The van der Waals surface area contributed by atoms with Crippen molar-refractivity contribution in [1.82, 2.24) is 10.2 Å². The third-order valence-electron chi connectivity index (χ3n) is 6.10. The van der Waals surface area contributed by atoms with Crippen LogP contribution in [0.25, 0.3) is 11.0 Å². The summed E-state index contributed by atoms with van der Waals surface area (Å²) in [5.41, 5.74) is 1.94. The van der Waals surface area contributed by atoms with Gasteiger partial charge in [0.25, 0.3) is 5.91 Å². The van der Waals surface area contributed by atoms with Crippen LogP contribution in [0.2, 0.25) is 0 Å². The highest BCUT2D eigenvalue weighted by atomic mass is 32.2. The second-order valence-electron chi connectivity index (χ2n) is 7.83. The predicted octanol–water partition coefficient (Wildman–Crippen LogP) is 4.82. The van der Waals surface area contributed by atoms with Gasteiger partial charge in [-0.1, -0.05) is 37.5 Å². The molecule has 1 aliphatic carbocycles. The number of furan rings is 1. The van der Waals surface area contributed by atoms with Crippen molar-refractivity contribution < 1.29 is 9.21 Å². The van der Waals surface area contributed by atoms with Crippen LogP contribution in [0.3, 0.4) is 0 Å². The second-order valence-corrected chi connectivity index (χ2v) is 9.12. The molecular weight excluding hydrogens is 356 g/mol. The summed E-state index contributed by atoms with van der Waals surface area (Å²) in [7, 11) is 2.00. The number of amides is 1. The normalized spacial score (nSPS) is 19.7. The van der Waals surface area contributed by atoms with Crippen molar-refractivity contribution in [3.8, 4) is 0 Å². The Morgan fingerprint density at radius 1 is 1.15 bits per heavy atom. The van der Waals surface area contributed by atoms with Crippen LogP contribution in [0.15, 0.2) is 28.7 Å². The quantitative estimate of drug-likeness (QED) is 0.800. The maximum absolute atomic E-state index is 13.2.